The number of carbonyl (C=O) groups excluding carboxylic acids is 1. The molecule has 4 atom stereocenters. The number of rotatable bonds is 29. The Kier molecular flexibility index (Phi) is 27.9. The summed E-state index contributed by atoms with van der Waals surface area (Å²) in [5.74, 6) is -0.598. The van der Waals surface area contributed by atoms with E-state index in [1.165, 1.54) is 89.9 Å². The van der Waals surface area contributed by atoms with Gasteiger partial charge in [0.2, 0.25) is 5.91 Å². The number of aliphatic hydroxyl groups excluding tert-OH is 4. The molecule has 0 saturated carbocycles. The van der Waals surface area contributed by atoms with Gasteiger partial charge in [0.25, 0.3) is 0 Å². The van der Waals surface area contributed by atoms with Gasteiger partial charge in [0, 0.05) is 0 Å². The van der Waals surface area contributed by atoms with Gasteiger partial charge >= 0.3 is 0 Å². The molecule has 232 valence electrons. The molecule has 0 aromatic rings. The fourth-order valence-electron chi connectivity index (χ4n) is 5.00. The molecule has 0 aliphatic heterocycles. The molecule has 4 unspecified atom stereocenters. The second-order valence-corrected chi connectivity index (χ2v) is 11.5. The number of allylic oxidation sites excluding steroid dienone is 2. The molecule has 0 aliphatic rings. The summed E-state index contributed by atoms with van der Waals surface area (Å²) in [5.41, 5.74) is 0. The molecule has 0 fully saturated rings. The van der Waals surface area contributed by atoms with Gasteiger partial charge in [-0.2, -0.15) is 0 Å². The average Bonchev–Trinajstić information content (AvgIpc) is 2.94. The molecule has 0 rings (SSSR count). The Balaban J connectivity index is 3.75. The third-order valence-electron chi connectivity index (χ3n) is 7.71. The highest BCUT2D eigenvalue weighted by Crippen LogP contribution is 2.15. The standard InChI is InChI=1S/C33H65NO5/c1-3-5-7-9-11-12-13-14-15-16-17-18-19-20-21-23-25-27-31(37)33(39)34-29(28-35)32(38)30(36)26-24-22-10-8-6-4-2/h8,10,29-32,35-38H,3-7,9,11-28H2,1-2H3,(H,34,39)/b10-8+. The molecule has 0 spiro atoms. The van der Waals surface area contributed by atoms with Gasteiger partial charge in [0.15, 0.2) is 0 Å². The molecule has 39 heavy (non-hydrogen) atoms. The summed E-state index contributed by atoms with van der Waals surface area (Å²) in [5, 5.41) is 42.9. The predicted octanol–water partition coefficient (Wildman–Crippen LogP) is 7.11. The minimum absolute atomic E-state index is 0.366. The lowest BCUT2D eigenvalue weighted by Gasteiger charge is -2.27. The topological polar surface area (TPSA) is 110 Å². The van der Waals surface area contributed by atoms with Crippen molar-refractivity contribution in [3.8, 4) is 0 Å². The third-order valence-corrected chi connectivity index (χ3v) is 7.71. The van der Waals surface area contributed by atoms with Crippen LogP contribution in [-0.4, -0.2) is 57.3 Å². The lowest BCUT2D eigenvalue weighted by atomic mass is 10.00. The van der Waals surface area contributed by atoms with E-state index in [0.29, 0.717) is 19.3 Å². The van der Waals surface area contributed by atoms with Gasteiger partial charge in [-0.05, 0) is 32.1 Å². The van der Waals surface area contributed by atoms with Crippen molar-refractivity contribution in [1.29, 1.82) is 0 Å². The number of amides is 1. The first-order valence-electron chi connectivity index (χ1n) is 16.6. The van der Waals surface area contributed by atoms with Crippen LogP contribution >= 0.6 is 0 Å². The summed E-state index contributed by atoms with van der Waals surface area (Å²) in [6, 6.07) is -0.992. The molecule has 6 heteroatoms. The lowest BCUT2D eigenvalue weighted by Crippen LogP contribution is -2.53. The molecule has 1 amide bonds. The van der Waals surface area contributed by atoms with Gasteiger partial charge < -0.3 is 25.7 Å². The Morgan fingerprint density at radius 2 is 1.08 bits per heavy atom. The zero-order chi connectivity index (χ0) is 29.0. The maximum Gasteiger partial charge on any atom is 0.249 e. The summed E-state index contributed by atoms with van der Waals surface area (Å²) in [4.78, 5) is 12.3. The van der Waals surface area contributed by atoms with E-state index >= 15 is 0 Å². The Labute approximate surface area is 241 Å². The zero-order valence-electron chi connectivity index (χ0n) is 25.6. The van der Waals surface area contributed by atoms with Crippen LogP contribution in [0, 0.1) is 0 Å². The first-order chi connectivity index (χ1) is 19.0. The first kappa shape index (κ1) is 38.0. The highest BCUT2D eigenvalue weighted by atomic mass is 16.3. The van der Waals surface area contributed by atoms with Crippen molar-refractivity contribution < 1.29 is 25.2 Å². The molecule has 0 aliphatic carbocycles. The second kappa shape index (κ2) is 28.6. The number of hydrogen-bond donors (Lipinski definition) is 5. The summed E-state index contributed by atoms with van der Waals surface area (Å²) in [6.07, 6.45) is 27.0. The molecule has 0 radical (unpaired) electrons. The van der Waals surface area contributed by atoms with Crippen molar-refractivity contribution in [1.82, 2.24) is 5.32 Å². The number of nitrogens with one attached hydrogen (secondary N) is 1. The largest absolute Gasteiger partial charge is 0.394 e. The Morgan fingerprint density at radius 1 is 0.615 bits per heavy atom. The van der Waals surface area contributed by atoms with Crippen LogP contribution in [0.4, 0.5) is 0 Å². The third kappa shape index (κ3) is 23.5. The van der Waals surface area contributed by atoms with Crippen molar-refractivity contribution >= 4 is 5.91 Å². The van der Waals surface area contributed by atoms with Gasteiger partial charge in [-0.1, -0.05) is 142 Å². The SMILES string of the molecule is CCC/C=C/CCCC(O)C(O)C(CO)NC(=O)C(O)CCCCCCCCCCCCCCCCCCC. The Bertz CT molecular complexity index is 556. The molecule has 0 aromatic heterocycles. The number of carbonyl (C=O) groups is 1. The van der Waals surface area contributed by atoms with Crippen LogP contribution in [0.1, 0.15) is 162 Å². The van der Waals surface area contributed by atoms with E-state index < -0.39 is 36.9 Å². The van der Waals surface area contributed by atoms with Crippen molar-refractivity contribution in [2.75, 3.05) is 6.61 Å². The van der Waals surface area contributed by atoms with E-state index in [-0.39, 0.29) is 0 Å². The number of hydrogen-bond acceptors (Lipinski definition) is 5. The Hall–Kier alpha value is -0.950. The molecule has 0 heterocycles. The van der Waals surface area contributed by atoms with Crippen LogP contribution in [0.3, 0.4) is 0 Å². The minimum atomic E-state index is -1.27. The highest BCUT2D eigenvalue weighted by Gasteiger charge is 2.28. The van der Waals surface area contributed by atoms with E-state index in [1.54, 1.807) is 0 Å². The highest BCUT2D eigenvalue weighted by molar-refractivity contribution is 5.80. The van der Waals surface area contributed by atoms with E-state index in [0.717, 1.165) is 38.5 Å². The van der Waals surface area contributed by atoms with Crippen LogP contribution in [0.5, 0.6) is 0 Å². The van der Waals surface area contributed by atoms with Crippen LogP contribution in [-0.2, 0) is 4.79 Å². The maximum atomic E-state index is 12.3. The van der Waals surface area contributed by atoms with Gasteiger partial charge in [0.05, 0.1) is 18.8 Å². The van der Waals surface area contributed by atoms with Crippen molar-refractivity contribution in [2.45, 2.75) is 186 Å². The summed E-state index contributed by atoms with van der Waals surface area (Å²) < 4.78 is 0. The van der Waals surface area contributed by atoms with Gasteiger partial charge in [-0.3, -0.25) is 4.79 Å². The average molecular weight is 556 g/mol. The second-order valence-electron chi connectivity index (χ2n) is 11.5. The molecule has 0 bridgehead atoms. The van der Waals surface area contributed by atoms with Gasteiger partial charge in [0.1, 0.15) is 12.2 Å². The van der Waals surface area contributed by atoms with Crippen molar-refractivity contribution in [2.24, 2.45) is 0 Å². The Morgan fingerprint density at radius 3 is 1.54 bits per heavy atom. The van der Waals surface area contributed by atoms with E-state index in [4.69, 9.17) is 0 Å². The van der Waals surface area contributed by atoms with Crippen molar-refractivity contribution in [3.05, 3.63) is 12.2 Å². The van der Waals surface area contributed by atoms with E-state index in [2.05, 4.69) is 31.3 Å². The van der Waals surface area contributed by atoms with Crippen LogP contribution in [0.15, 0.2) is 12.2 Å². The zero-order valence-corrected chi connectivity index (χ0v) is 25.6. The van der Waals surface area contributed by atoms with E-state index in [9.17, 15) is 25.2 Å². The summed E-state index contributed by atoms with van der Waals surface area (Å²) in [7, 11) is 0. The quantitative estimate of drug-likeness (QED) is 0.0499. The molecule has 0 saturated heterocycles. The monoisotopic (exact) mass is 555 g/mol. The minimum Gasteiger partial charge on any atom is -0.394 e. The molecule has 6 nitrogen and oxygen atoms in total. The van der Waals surface area contributed by atoms with Gasteiger partial charge in [-0.15, -0.1) is 0 Å². The summed E-state index contributed by atoms with van der Waals surface area (Å²) >= 11 is 0. The van der Waals surface area contributed by atoms with Gasteiger partial charge in [-0.25, -0.2) is 0 Å². The lowest BCUT2D eigenvalue weighted by molar-refractivity contribution is -0.132. The van der Waals surface area contributed by atoms with Crippen LogP contribution in [0.25, 0.3) is 0 Å². The molecule has 5 N–H and O–H groups in total. The normalized spacial score (nSPS) is 14.9. The fourth-order valence-corrected chi connectivity index (χ4v) is 5.00. The first-order valence-corrected chi connectivity index (χ1v) is 16.6. The molecule has 0 aromatic carbocycles. The number of aliphatic hydroxyl groups is 4. The summed E-state index contributed by atoms with van der Waals surface area (Å²) in [6.45, 7) is 3.89. The van der Waals surface area contributed by atoms with Crippen LogP contribution < -0.4 is 5.32 Å². The van der Waals surface area contributed by atoms with E-state index in [1.807, 2.05) is 0 Å². The fraction of sp³-hybridized carbons (Fsp3) is 0.909. The molecular weight excluding hydrogens is 490 g/mol. The van der Waals surface area contributed by atoms with Crippen LogP contribution in [0.2, 0.25) is 0 Å². The van der Waals surface area contributed by atoms with Crippen molar-refractivity contribution in [3.63, 3.8) is 0 Å². The number of unbranched alkanes of at least 4 members (excludes halogenated alkanes) is 18. The maximum absolute atomic E-state index is 12.3. The smallest absolute Gasteiger partial charge is 0.249 e. The molecular formula is C33H65NO5. The predicted molar refractivity (Wildman–Crippen MR) is 164 cm³/mol.